The van der Waals surface area contributed by atoms with E-state index in [1.807, 2.05) is 12.3 Å². The minimum Gasteiger partial charge on any atom is -0.460 e. The van der Waals surface area contributed by atoms with Gasteiger partial charge in [-0.15, -0.1) is 11.3 Å². The van der Waals surface area contributed by atoms with Gasteiger partial charge in [0, 0.05) is 10.9 Å². The largest absolute Gasteiger partial charge is 0.460 e. The normalized spacial score (nSPS) is 10.5. The van der Waals surface area contributed by atoms with Crippen LogP contribution < -0.4 is 0 Å². The van der Waals surface area contributed by atoms with Crippen molar-refractivity contribution in [2.75, 3.05) is 0 Å². The number of benzene rings is 1. The molecular formula is C13H11ClFNO2S. The Kier molecular flexibility index (Phi) is 4.50. The molecule has 0 aliphatic heterocycles. The molecule has 1 aromatic heterocycles. The molecule has 0 radical (unpaired) electrons. The number of halogens is 2. The molecule has 100 valence electrons. The number of ether oxygens (including phenoxy) is 1. The number of carbonyl (C=O) groups excluding carboxylic acids is 1. The highest BCUT2D eigenvalue weighted by atomic mass is 35.5. The molecule has 3 nitrogen and oxygen atoms in total. The summed E-state index contributed by atoms with van der Waals surface area (Å²) in [6.45, 7) is 1.90. The Balaban J connectivity index is 1.89. The Hall–Kier alpha value is -1.46. The molecule has 0 unspecified atom stereocenters. The van der Waals surface area contributed by atoms with Crippen molar-refractivity contribution < 1.29 is 13.9 Å². The molecule has 0 aliphatic rings. The van der Waals surface area contributed by atoms with E-state index < -0.39 is 5.82 Å². The number of thiazole rings is 1. The molecule has 0 saturated heterocycles. The molecule has 0 bridgehead atoms. The fourth-order valence-corrected chi connectivity index (χ4v) is 2.32. The molecule has 0 amide bonds. The molecule has 1 heterocycles. The molecule has 19 heavy (non-hydrogen) atoms. The van der Waals surface area contributed by atoms with Crippen LogP contribution in [0.3, 0.4) is 0 Å². The average molecular weight is 300 g/mol. The topological polar surface area (TPSA) is 39.2 Å². The third-order valence-electron chi connectivity index (χ3n) is 2.40. The van der Waals surface area contributed by atoms with E-state index in [9.17, 15) is 9.18 Å². The van der Waals surface area contributed by atoms with Crippen LogP contribution in [0.15, 0.2) is 23.6 Å². The van der Waals surface area contributed by atoms with Crippen molar-refractivity contribution in [3.05, 3.63) is 50.7 Å². The van der Waals surface area contributed by atoms with Gasteiger partial charge in [-0.2, -0.15) is 0 Å². The van der Waals surface area contributed by atoms with Crippen molar-refractivity contribution in [1.29, 1.82) is 0 Å². The molecule has 0 aliphatic carbocycles. The molecular weight excluding hydrogens is 289 g/mol. The van der Waals surface area contributed by atoms with Gasteiger partial charge < -0.3 is 4.74 Å². The molecule has 2 rings (SSSR count). The van der Waals surface area contributed by atoms with Gasteiger partial charge in [-0.1, -0.05) is 17.7 Å². The van der Waals surface area contributed by atoms with Crippen LogP contribution in [0.5, 0.6) is 0 Å². The van der Waals surface area contributed by atoms with Gasteiger partial charge in [-0.05, 0) is 19.1 Å². The first-order valence-corrected chi connectivity index (χ1v) is 6.81. The number of hydrogen-bond donors (Lipinski definition) is 0. The van der Waals surface area contributed by atoms with Crippen LogP contribution in [-0.2, 0) is 22.6 Å². The smallest absolute Gasteiger partial charge is 0.312 e. The van der Waals surface area contributed by atoms with E-state index in [2.05, 4.69) is 4.98 Å². The Morgan fingerprint density at radius 2 is 2.32 bits per heavy atom. The van der Waals surface area contributed by atoms with Gasteiger partial charge in [-0.25, -0.2) is 9.37 Å². The fraction of sp³-hybridized carbons (Fsp3) is 0.231. The summed E-state index contributed by atoms with van der Waals surface area (Å²) in [6, 6.07) is 3.96. The van der Waals surface area contributed by atoms with E-state index in [1.54, 1.807) is 0 Å². The Morgan fingerprint density at radius 3 is 2.95 bits per heavy atom. The van der Waals surface area contributed by atoms with Crippen LogP contribution in [0.2, 0.25) is 5.02 Å². The minimum absolute atomic E-state index is 0.0288. The van der Waals surface area contributed by atoms with Crippen LogP contribution in [0, 0.1) is 12.7 Å². The third-order valence-corrected chi connectivity index (χ3v) is 3.57. The second-order valence-corrected chi connectivity index (χ2v) is 5.40. The Bertz CT molecular complexity index is 600. The molecule has 6 heteroatoms. The van der Waals surface area contributed by atoms with Gasteiger partial charge >= 0.3 is 5.97 Å². The maximum absolute atomic E-state index is 12.8. The summed E-state index contributed by atoms with van der Waals surface area (Å²) < 4.78 is 17.9. The second kappa shape index (κ2) is 6.12. The highest BCUT2D eigenvalue weighted by molar-refractivity contribution is 7.09. The molecule has 1 aromatic carbocycles. The predicted molar refractivity (Wildman–Crippen MR) is 71.8 cm³/mol. The lowest BCUT2D eigenvalue weighted by Gasteiger charge is -2.05. The fourth-order valence-electron chi connectivity index (χ4n) is 1.49. The van der Waals surface area contributed by atoms with E-state index in [0.717, 1.165) is 5.01 Å². The third kappa shape index (κ3) is 4.01. The van der Waals surface area contributed by atoms with Crippen molar-refractivity contribution in [3.8, 4) is 0 Å². The maximum atomic E-state index is 12.8. The first-order valence-electron chi connectivity index (χ1n) is 5.55. The van der Waals surface area contributed by atoms with E-state index in [-0.39, 0.29) is 24.0 Å². The number of nitrogens with zero attached hydrogens (tertiary/aromatic N) is 1. The zero-order valence-electron chi connectivity index (χ0n) is 10.2. The van der Waals surface area contributed by atoms with E-state index in [1.165, 1.54) is 29.5 Å². The number of hydrogen-bond acceptors (Lipinski definition) is 4. The first-order chi connectivity index (χ1) is 9.04. The second-order valence-electron chi connectivity index (χ2n) is 3.93. The summed E-state index contributed by atoms with van der Waals surface area (Å²) in [5, 5.41) is 2.98. The zero-order chi connectivity index (χ0) is 13.8. The highest BCUT2D eigenvalue weighted by Crippen LogP contribution is 2.18. The Morgan fingerprint density at radius 1 is 1.53 bits per heavy atom. The van der Waals surface area contributed by atoms with Gasteiger partial charge in [0.05, 0.1) is 22.1 Å². The number of esters is 1. The van der Waals surface area contributed by atoms with Crippen molar-refractivity contribution in [2.45, 2.75) is 20.0 Å². The van der Waals surface area contributed by atoms with Crippen molar-refractivity contribution in [3.63, 3.8) is 0 Å². The van der Waals surface area contributed by atoms with E-state index in [0.29, 0.717) is 11.3 Å². The highest BCUT2D eigenvalue weighted by Gasteiger charge is 2.09. The average Bonchev–Trinajstić information content (AvgIpc) is 2.73. The van der Waals surface area contributed by atoms with Gasteiger partial charge in [0.15, 0.2) is 0 Å². The molecule has 0 N–H and O–H groups in total. The predicted octanol–water partition coefficient (Wildman–Crippen LogP) is 3.53. The minimum atomic E-state index is -0.418. The maximum Gasteiger partial charge on any atom is 0.312 e. The first kappa shape index (κ1) is 14.0. The quantitative estimate of drug-likeness (QED) is 0.811. The van der Waals surface area contributed by atoms with Crippen LogP contribution in [0.1, 0.15) is 16.3 Å². The van der Waals surface area contributed by atoms with Crippen LogP contribution >= 0.6 is 22.9 Å². The Labute approximate surface area is 119 Å². The lowest BCUT2D eigenvalue weighted by Crippen LogP contribution is -2.08. The summed E-state index contributed by atoms with van der Waals surface area (Å²) in [5.41, 5.74) is 1.27. The van der Waals surface area contributed by atoms with E-state index >= 15 is 0 Å². The summed E-state index contributed by atoms with van der Waals surface area (Å²) in [4.78, 5) is 15.8. The summed E-state index contributed by atoms with van der Waals surface area (Å²) in [5.74, 6) is -0.802. The van der Waals surface area contributed by atoms with Gasteiger partial charge in [0.1, 0.15) is 12.4 Å². The lowest BCUT2D eigenvalue weighted by molar-refractivity contribution is -0.144. The molecule has 0 spiro atoms. The van der Waals surface area contributed by atoms with Crippen LogP contribution in [0.4, 0.5) is 4.39 Å². The SMILES string of the molecule is Cc1nc(CC(=O)OCc2ccc(F)cc2Cl)cs1. The molecule has 2 aromatic rings. The van der Waals surface area contributed by atoms with E-state index in [4.69, 9.17) is 16.3 Å². The lowest BCUT2D eigenvalue weighted by atomic mass is 10.2. The van der Waals surface area contributed by atoms with Gasteiger partial charge in [0.2, 0.25) is 0 Å². The van der Waals surface area contributed by atoms with Gasteiger partial charge in [-0.3, -0.25) is 4.79 Å². The number of carbonyl (C=O) groups is 1. The molecule has 0 atom stereocenters. The number of aryl methyl sites for hydroxylation is 1. The molecule has 0 saturated carbocycles. The monoisotopic (exact) mass is 299 g/mol. The molecule has 0 fully saturated rings. The van der Waals surface area contributed by atoms with Gasteiger partial charge in [0.25, 0.3) is 0 Å². The van der Waals surface area contributed by atoms with Crippen molar-refractivity contribution in [2.24, 2.45) is 0 Å². The van der Waals surface area contributed by atoms with Crippen molar-refractivity contribution >= 4 is 28.9 Å². The summed E-state index contributed by atoms with van der Waals surface area (Å²) >= 11 is 7.32. The standard InChI is InChI=1S/C13H11ClFNO2S/c1-8-16-11(7-19-8)5-13(17)18-6-9-2-3-10(15)4-12(9)14/h2-4,7H,5-6H2,1H3. The van der Waals surface area contributed by atoms with Crippen molar-refractivity contribution in [1.82, 2.24) is 4.98 Å². The summed E-state index contributed by atoms with van der Waals surface area (Å²) in [7, 11) is 0. The van der Waals surface area contributed by atoms with Crippen LogP contribution in [-0.4, -0.2) is 11.0 Å². The zero-order valence-corrected chi connectivity index (χ0v) is 11.7. The summed E-state index contributed by atoms with van der Waals surface area (Å²) in [6.07, 6.45) is 0.128. The number of rotatable bonds is 4. The van der Waals surface area contributed by atoms with Crippen LogP contribution in [0.25, 0.3) is 0 Å². The number of aromatic nitrogens is 1.